The fourth-order valence-corrected chi connectivity index (χ4v) is 1.29. The minimum absolute atomic E-state index is 0.888. The van der Waals surface area contributed by atoms with E-state index in [2.05, 4.69) is 23.1 Å². The van der Waals surface area contributed by atoms with E-state index in [4.69, 9.17) is 4.52 Å². The van der Waals surface area contributed by atoms with Crippen molar-refractivity contribution in [3.63, 3.8) is 0 Å². The first-order valence-electron chi connectivity index (χ1n) is 4.22. The molecule has 0 spiro atoms. The third-order valence-electron chi connectivity index (χ3n) is 1.99. The van der Waals surface area contributed by atoms with Gasteiger partial charge in [0.05, 0.1) is 5.69 Å². The van der Waals surface area contributed by atoms with Crippen LogP contribution < -0.4 is 0 Å². The van der Waals surface area contributed by atoms with E-state index in [1.165, 1.54) is 11.6 Å². The fraction of sp³-hybridized carbons (Fsp3) is 0.200. The molecule has 3 nitrogen and oxygen atoms in total. The topological polar surface area (TPSA) is 41.8 Å². The predicted molar refractivity (Wildman–Crippen MR) is 49.0 cm³/mol. The highest BCUT2D eigenvalue weighted by Crippen LogP contribution is 2.16. The molecule has 67 valence electrons. The number of aromatic nitrogens is 2. The average molecular weight is 175 g/mol. The molecule has 2 heterocycles. The summed E-state index contributed by atoms with van der Waals surface area (Å²) in [6.45, 7) is 2.05. The number of nitrogens with one attached hydrogen (secondary N) is 1. The molecule has 1 radical (unpaired) electrons. The van der Waals surface area contributed by atoms with Crippen LogP contribution in [0.25, 0.3) is 0 Å². The van der Waals surface area contributed by atoms with Crippen molar-refractivity contribution in [3.05, 3.63) is 48.0 Å². The molecule has 0 aliphatic rings. The lowest BCUT2D eigenvalue weighted by Gasteiger charge is -2.04. The van der Waals surface area contributed by atoms with Gasteiger partial charge in [0.15, 0.2) is 0 Å². The molecule has 1 N–H and O–H groups in total. The van der Waals surface area contributed by atoms with Gasteiger partial charge < -0.3 is 9.51 Å². The summed E-state index contributed by atoms with van der Waals surface area (Å²) in [5.41, 5.74) is 2.12. The van der Waals surface area contributed by atoms with Crippen molar-refractivity contribution in [2.45, 2.75) is 13.3 Å². The molecule has 0 bridgehead atoms. The molecule has 0 unspecified atom stereocenters. The first kappa shape index (κ1) is 8.10. The molecule has 0 fully saturated rings. The Morgan fingerprint density at radius 1 is 1.54 bits per heavy atom. The van der Waals surface area contributed by atoms with Crippen LogP contribution in [0.5, 0.6) is 0 Å². The highest BCUT2D eigenvalue weighted by molar-refractivity contribution is 5.23. The van der Waals surface area contributed by atoms with Crippen LogP contribution >= 0.6 is 0 Å². The van der Waals surface area contributed by atoms with Gasteiger partial charge in [-0.05, 0) is 18.6 Å². The van der Waals surface area contributed by atoms with Gasteiger partial charge in [-0.15, -0.1) is 0 Å². The van der Waals surface area contributed by atoms with Crippen LogP contribution in [0.4, 0.5) is 0 Å². The third-order valence-corrected chi connectivity index (χ3v) is 1.99. The second kappa shape index (κ2) is 3.47. The van der Waals surface area contributed by atoms with E-state index in [0.29, 0.717) is 0 Å². The normalized spacial score (nSPS) is 10.9. The van der Waals surface area contributed by atoms with Gasteiger partial charge in [-0.3, -0.25) is 0 Å². The van der Waals surface area contributed by atoms with Crippen molar-refractivity contribution in [3.8, 4) is 0 Å². The van der Waals surface area contributed by atoms with Crippen molar-refractivity contribution in [1.82, 2.24) is 10.1 Å². The van der Waals surface area contributed by atoms with Crippen LogP contribution in [0.3, 0.4) is 0 Å². The molecule has 3 heteroatoms. The van der Waals surface area contributed by atoms with Gasteiger partial charge in [-0.2, -0.15) is 0 Å². The van der Waals surface area contributed by atoms with Crippen LogP contribution in [0, 0.1) is 5.92 Å². The molecule has 0 aliphatic heterocycles. The van der Waals surface area contributed by atoms with Crippen LogP contribution in [0.1, 0.15) is 18.3 Å². The molecular weight excluding hydrogens is 164 g/mol. The van der Waals surface area contributed by atoms with Gasteiger partial charge in [0, 0.05) is 23.9 Å². The Morgan fingerprint density at radius 2 is 2.46 bits per heavy atom. The lowest BCUT2D eigenvalue weighted by molar-refractivity contribution is 0.413. The van der Waals surface area contributed by atoms with Crippen molar-refractivity contribution in [2.75, 3.05) is 0 Å². The Labute approximate surface area is 76.8 Å². The maximum Gasteiger partial charge on any atom is 0.124 e. The Morgan fingerprint density at radius 3 is 3.08 bits per heavy atom. The van der Waals surface area contributed by atoms with Crippen molar-refractivity contribution in [1.29, 1.82) is 0 Å². The van der Waals surface area contributed by atoms with E-state index in [1.807, 2.05) is 18.3 Å². The summed E-state index contributed by atoms with van der Waals surface area (Å²) in [5.74, 6) is 1.20. The minimum atomic E-state index is 0.888. The van der Waals surface area contributed by atoms with Gasteiger partial charge >= 0.3 is 0 Å². The lowest BCUT2D eigenvalue weighted by Crippen LogP contribution is -1.99. The van der Waals surface area contributed by atoms with E-state index >= 15 is 0 Å². The van der Waals surface area contributed by atoms with E-state index < -0.39 is 0 Å². The second-order valence-electron chi connectivity index (χ2n) is 3.04. The number of rotatable bonds is 3. The molecule has 0 saturated heterocycles. The number of hydrogen-bond acceptors (Lipinski definition) is 2. The zero-order valence-electron chi connectivity index (χ0n) is 7.45. The van der Waals surface area contributed by atoms with Gasteiger partial charge in [0.2, 0.25) is 0 Å². The van der Waals surface area contributed by atoms with E-state index in [0.717, 1.165) is 12.1 Å². The summed E-state index contributed by atoms with van der Waals surface area (Å²) in [6.07, 6.45) is 4.40. The molecule has 2 aromatic heterocycles. The SMILES string of the molecule is C[C](Cc1ccc[nH]1)c1ccon1. The van der Waals surface area contributed by atoms with Gasteiger partial charge in [-0.1, -0.05) is 12.1 Å². The van der Waals surface area contributed by atoms with Gasteiger partial charge in [0.25, 0.3) is 0 Å². The Hall–Kier alpha value is -1.51. The second-order valence-corrected chi connectivity index (χ2v) is 3.04. The molecular formula is C10H11N2O. The summed E-state index contributed by atoms with van der Waals surface area (Å²) < 4.78 is 4.77. The standard InChI is InChI=1S/C10H11N2O/c1-8(10-4-6-13-12-10)7-9-3-2-5-11-9/h2-6,11H,7H2,1H3. The summed E-state index contributed by atoms with van der Waals surface area (Å²) in [4.78, 5) is 3.15. The van der Waals surface area contributed by atoms with Gasteiger partial charge in [-0.25, -0.2) is 0 Å². The summed E-state index contributed by atoms with van der Waals surface area (Å²) in [5, 5.41) is 3.87. The maximum absolute atomic E-state index is 4.77. The highest BCUT2D eigenvalue weighted by atomic mass is 16.5. The van der Waals surface area contributed by atoms with Crippen molar-refractivity contribution >= 4 is 0 Å². The minimum Gasteiger partial charge on any atom is -0.365 e. The lowest BCUT2D eigenvalue weighted by atomic mass is 10.0. The molecule has 0 aliphatic carbocycles. The molecule has 0 amide bonds. The van der Waals surface area contributed by atoms with Gasteiger partial charge in [0.1, 0.15) is 6.26 Å². The monoisotopic (exact) mass is 175 g/mol. The smallest absolute Gasteiger partial charge is 0.124 e. The molecule has 0 atom stereocenters. The molecule has 2 rings (SSSR count). The summed E-state index contributed by atoms with van der Waals surface area (Å²) in [7, 11) is 0. The summed E-state index contributed by atoms with van der Waals surface area (Å²) in [6, 6.07) is 5.92. The molecule has 0 aromatic carbocycles. The molecule has 13 heavy (non-hydrogen) atoms. The van der Waals surface area contributed by atoms with E-state index in [-0.39, 0.29) is 0 Å². The Bertz CT molecular complexity index is 337. The first-order chi connectivity index (χ1) is 6.36. The van der Waals surface area contributed by atoms with E-state index in [9.17, 15) is 0 Å². The number of hydrogen-bond donors (Lipinski definition) is 1. The van der Waals surface area contributed by atoms with Crippen molar-refractivity contribution < 1.29 is 4.52 Å². The van der Waals surface area contributed by atoms with E-state index in [1.54, 1.807) is 6.26 Å². The Kier molecular flexibility index (Phi) is 2.17. The first-order valence-corrected chi connectivity index (χ1v) is 4.22. The summed E-state index contributed by atoms with van der Waals surface area (Å²) >= 11 is 0. The fourth-order valence-electron chi connectivity index (χ4n) is 1.29. The number of aromatic amines is 1. The van der Waals surface area contributed by atoms with Crippen LogP contribution in [0.15, 0.2) is 35.2 Å². The zero-order chi connectivity index (χ0) is 9.10. The van der Waals surface area contributed by atoms with Crippen LogP contribution in [0.2, 0.25) is 0 Å². The van der Waals surface area contributed by atoms with Crippen LogP contribution in [-0.4, -0.2) is 10.1 Å². The van der Waals surface area contributed by atoms with Crippen LogP contribution in [-0.2, 0) is 6.42 Å². The third kappa shape index (κ3) is 1.80. The predicted octanol–water partition coefficient (Wildman–Crippen LogP) is 2.19. The quantitative estimate of drug-likeness (QED) is 0.776. The maximum atomic E-state index is 4.77. The highest BCUT2D eigenvalue weighted by Gasteiger charge is 2.10. The number of nitrogens with zero attached hydrogens (tertiary/aromatic N) is 1. The molecule has 0 saturated carbocycles. The Balaban J connectivity index is 2.04. The average Bonchev–Trinajstić information content (AvgIpc) is 2.74. The zero-order valence-corrected chi connectivity index (χ0v) is 7.45. The van der Waals surface area contributed by atoms with Crippen molar-refractivity contribution in [2.24, 2.45) is 0 Å². The molecule has 2 aromatic rings. The number of H-pyrrole nitrogens is 1. The largest absolute Gasteiger partial charge is 0.365 e.